The number of hydrogen-bond acceptors (Lipinski definition) is 2. The number of unbranched alkanes of at least 4 members (excludes halogenated alkanes) is 2. The van der Waals surface area contributed by atoms with Crippen molar-refractivity contribution < 1.29 is 4.79 Å². The van der Waals surface area contributed by atoms with Crippen LogP contribution in [-0.2, 0) is 11.2 Å². The zero-order valence-electron chi connectivity index (χ0n) is 12.7. The van der Waals surface area contributed by atoms with Gasteiger partial charge < -0.3 is 11.1 Å². The predicted octanol–water partition coefficient (Wildman–Crippen LogP) is 3.76. The van der Waals surface area contributed by atoms with Crippen LogP contribution in [0.3, 0.4) is 0 Å². The topological polar surface area (TPSA) is 55.1 Å². The van der Waals surface area contributed by atoms with Crippen LogP contribution in [0.5, 0.6) is 0 Å². The second-order valence-corrected chi connectivity index (χ2v) is 5.29. The lowest BCUT2D eigenvalue weighted by Gasteiger charge is -2.15. The Hall–Kier alpha value is -1.06. The minimum Gasteiger partial charge on any atom is -0.327 e. The average Bonchev–Trinajstić information content (AvgIpc) is 2.40. The fourth-order valence-electron chi connectivity index (χ4n) is 1.83. The molecule has 2 atom stereocenters. The van der Waals surface area contributed by atoms with E-state index in [9.17, 15) is 4.79 Å². The van der Waals surface area contributed by atoms with Gasteiger partial charge in [0.05, 0.1) is 5.92 Å². The maximum atomic E-state index is 11.9. The van der Waals surface area contributed by atoms with E-state index in [2.05, 4.69) is 24.4 Å². The molecule has 4 heteroatoms. The number of anilines is 1. The minimum absolute atomic E-state index is 0. The van der Waals surface area contributed by atoms with Crippen LogP contribution in [0.2, 0.25) is 0 Å². The average molecular weight is 299 g/mol. The molecule has 0 aliphatic carbocycles. The summed E-state index contributed by atoms with van der Waals surface area (Å²) in [5.74, 6) is -0.196. The van der Waals surface area contributed by atoms with E-state index in [-0.39, 0.29) is 30.3 Å². The van der Waals surface area contributed by atoms with Gasteiger partial charge in [-0.2, -0.15) is 0 Å². The summed E-state index contributed by atoms with van der Waals surface area (Å²) in [5.41, 5.74) is 7.89. The molecule has 0 aliphatic heterocycles. The SMILES string of the molecule is CCCCCc1ccc(NC(=O)C(C)C(C)N)cc1.Cl. The summed E-state index contributed by atoms with van der Waals surface area (Å²) in [6.07, 6.45) is 4.84. The molecule has 3 N–H and O–H groups in total. The predicted molar refractivity (Wildman–Crippen MR) is 88.4 cm³/mol. The van der Waals surface area contributed by atoms with E-state index in [1.165, 1.54) is 24.8 Å². The normalized spacial score (nSPS) is 13.2. The van der Waals surface area contributed by atoms with Crippen LogP contribution < -0.4 is 11.1 Å². The van der Waals surface area contributed by atoms with E-state index in [1.54, 1.807) is 0 Å². The Morgan fingerprint density at radius 2 is 1.80 bits per heavy atom. The molecule has 1 rings (SSSR count). The summed E-state index contributed by atoms with van der Waals surface area (Å²) < 4.78 is 0. The van der Waals surface area contributed by atoms with Crippen LogP contribution >= 0.6 is 12.4 Å². The van der Waals surface area contributed by atoms with Crippen LogP contribution in [0.15, 0.2) is 24.3 Å². The van der Waals surface area contributed by atoms with Crippen molar-refractivity contribution in [1.29, 1.82) is 0 Å². The number of hydrogen-bond donors (Lipinski definition) is 2. The molecule has 0 bridgehead atoms. The van der Waals surface area contributed by atoms with E-state index < -0.39 is 0 Å². The molecule has 2 unspecified atom stereocenters. The molecule has 0 saturated carbocycles. The van der Waals surface area contributed by atoms with Gasteiger partial charge in [0.15, 0.2) is 0 Å². The van der Waals surface area contributed by atoms with E-state index in [1.807, 2.05) is 26.0 Å². The first-order valence-corrected chi connectivity index (χ1v) is 7.20. The quantitative estimate of drug-likeness (QED) is 0.753. The van der Waals surface area contributed by atoms with Gasteiger partial charge in [-0.3, -0.25) is 4.79 Å². The minimum atomic E-state index is -0.177. The number of carbonyl (C=O) groups is 1. The molecule has 0 radical (unpaired) electrons. The van der Waals surface area contributed by atoms with Gasteiger partial charge in [-0.15, -0.1) is 12.4 Å². The molecule has 0 aliphatic rings. The van der Waals surface area contributed by atoms with E-state index in [0.717, 1.165) is 12.1 Å². The monoisotopic (exact) mass is 298 g/mol. The highest BCUT2D eigenvalue weighted by Gasteiger charge is 2.16. The fraction of sp³-hybridized carbons (Fsp3) is 0.562. The van der Waals surface area contributed by atoms with E-state index >= 15 is 0 Å². The highest BCUT2D eigenvalue weighted by molar-refractivity contribution is 5.92. The molecule has 0 aromatic heterocycles. The second kappa shape index (κ2) is 9.78. The van der Waals surface area contributed by atoms with Crippen LogP contribution in [0.25, 0.3) is 0 Å². The number of aryl methyl sites for hydroxylation is 1. The first-order valence-electron chi connectivity index (χ1n) is 7.20. The standard InChI is InChI=1S/C16H26N2O.ClH/c1-4-5-6-7-14-8-10-15(11-9-14)18-16(19)12(2)13(3)17;/h8-13H,4-7,17H2,1-3H3,(H,18,19);1H. The lowest BCUT2D eigenvalue weighted by atomic mass is 10.0. The van der Waals surface area contributed by atoms with Crippen LogP contribution in [0, 0.1) is 5.92 Å². The third-order valence-corrected chi connectivity index (χ3v) is 3.49. The Bertz CT molecular complexity index is 390. The van der Waals surface area contributed by atoms with Crippen molar-refractivity contribution in [3.05, 3.63) is 29.8 Å². The Kier molecular flexibility index (Phi) is 9.26. The summed E-state index contributed by atoms with van der Waals surface area (Å²) in [6, 6.07) is 7.97. The van der Waals surface area contributed by atoms with Gasteiger partial charge in [0.2, 0.25) is 5.91 Å². The van der Waals surface area contributed by atoms with Crippen molar-refractivity contribution >= 4 is 24.0 Å². The van der Waals surface area contributed by atoms with E-state index in [0.29, 0.717) is 0 Å². The van der Waals surface area contributed by atoms with Crippen LogP contribution in [-0.4, -0.2) is 11.9 Å². The van der Waals surface area contributed by atoms with Crippen molar-refractivity contribution in [2.24, 2.45) is 11.7 Å². The number of carbonyl (C=O) groups excluding carboxylic acids is 1. The van der Waals surface area contributed by atoms with Gasteiger partial charge in [-0.1, -0.05) is 38.8 Å². The number of nitrogens with one attached hydrogen (secondary N) is 1. The van der Waals surface area contributed by atoms with Gasteiger partial charge in [0, 0.05) is 11.7 Å². The third kappa shape index (κ3) is 6.40. The molecule has 1 aromatic carbocycles. The molecular weight excluding hydrogens is 272 g/mol. The van der Waals surface area contributed by atoms with Gasteiger partial charge in [0.25, 0.3) is 0 Å². The second-order valence-electron chi connectivity index (χ2n) is 5.29. The van der Waals surface area contributed by atoms with Crippen molar-refractivity contribution in [2.45, 2.75) is 52.5 Å². The maximum Gasteiger partial charge on any atom is 0.228 e. The Balaban J connectivity index is 0.00000361. The van der Waals surface area contributed by atoms with Gasteiger partial charge >= 0.3 is 0 Å². The smallest absolute Gasteiger partial charge is 0.228 e. The molecule has 3 nitrogen and oxygen atoms in total. The van der Waals surface area contributed by atoms with Crippen molar-refractivity contribution in [2.75, 3.05) is 5.32 Å². The molecule has 0 fully saturated rings. The number of rotatable bonds is 7. The molecular formula is C16H27ClN2O. The lowest BCUT2D eigenvalue weighted by Crippen LogP contribution is -2.34. The maximum absolute atomic E-state index is 11.9. The summed E-state index contributed by atoms with van der Waals surface area (Å²) >= 11 is 0. The Morgan fingerprint density at radius 3 is 2.30 bits per heavy atom. The van der Waals surface area contributed by atoms with Gasteiger partial charge in [0.1, 0.15) is 0 Å². The van der Waals surface area contributed by atoms with Crippen LogP contribution in [0.4, 0.5) is 5.69 Å². The zero-order valence-corrected chi connectivity index (χ0v) is 13.5. The van der Waals surface area contributed by atoms with E-state index in [4.69, 9.17) is 5.73 Å². The van der Waals surface area contributed by atoms with Crippen molar-refractivity contribution in [1.82, 2.24) is 0 Å². The highest BCUT2D eigenvalue weighted by Crippen LogP contribution is 2.14. The Morgan fingerprint density at radius 1 is 1.20 bits per heavy atom. The molecule has 0 spiro atoms. The first-order chi connectivity index (χ1) is 9.04. The summed E-state index contributed by atoms with van der Waals surface area (Å²) in [7, 11) is 0. The summed E-state index contributed by atoms with van der Waals surface area (Å²) in [5, 5.41) is 2.90. The number of nitrogens with two attached hydrogens (primary N) is 1. The van der Waals surface area contributed by atoms with Crippen molar-refractivity contribution in [3.8, 4) is 0 Å². The van der Waals surface area contributed by atoms with Gasteiger partial charge in [-0.25, -0.2) is 0 Å². The van der Waals surface area contributed by atoms with Crippen LogP contribution in [0.1, 0.15) is 45.6 Å². The number of benzene rings is 1. The van der Waals surface area contributed by atoms with Gasteiger partial charge in [-0.05, 0) is 37.5 Å². The number of halogens is 1. The molecule has 20 heavy (non-hydrogen) atoms. The summed E-state index contributed by atoms with van der Waals surface area (Å²) in [4.78, 5) is 11.9. The lowest BCUT2D eigenvalue weighted by molar-refractivity contribution is -0.119. The Labute approximate surface area is 128 Å². The van der Waals surface area contributed by atoms with Crippen molar-refractivity contribution in [3.63, 3.8) is 0 Å². The first kappa shape index (κ1) is 18.9. The summed E-state index contributed by atoms with van der Waals surface area (Å²) in [6.45, 7) is 5.90. The highest BCUT2D eigenvalue weighted by atomic mass is 35.5. The largest absolute Gasteiger partial charge is 0.327 e. The third-order valence-electron chi connectivity index (χ3n) is 3.49. The molecule has 114 valence electrons. The zero-order chi connectivity index (χ0) is 14.3. The number of amides is 1. The fourth-order valence-corrected chi connectivity index (χ4v) is 1.83. The molecule has 1 aromatic rings. The molecule has 0 saturated heterocycles. The molecule has 1 amide bonds. The molecule has 0 heterocycles.